The van der Waals surface area contributed by atoms with Gasteiger partial charge >= 0.3 is 0 Å². The fraction of sp³-hybridized carbons (Fsp3) is 0.250. The van der Waals surface area contributed by atoms with Gasteiger partial charge in [-0.25, -0.2) is 13.1 Å². The molecule has 0 atom stereocenters. The lowest BCUT2D eigenvalue weighted by Gasteiger charge is -2.13. The molecule has 2 aromatic rings. The molecule has 0 radical (unpaired) electrons. The second-order valence-electron chi connectivity index (χ2n) is 6.62. The molecule has 0 saturated heterocycles. The minimum Gasteiger partial charge on any atom is -0.355 e. The molecule has 0 saturated carbocycles. The molecule has 0 fully saturated rings. The number of fused-ring (bicyclic) bond motifs is 1. The Kier molecular flexibility index (Phi) is 6.09. The normalized spacial score (nSPS) is 13.5. The quantitative estimate of drug-likeness (QED) is 0.495. The van der Waals surface area contributed by atoms with Gasteiger partial charge in [-0.2, -0.15) is 0 Å². The van der Waals surface area contributed by atoms with Crippen molar-refractivity contribution in [1.82, 2.24) is 14.9 Å². The molecule has 0 spiro atoms. The van der Waals surface area contributed by atoms with E-state index in [2.05, 4.69) is 10.0 Å². The number of amides is 3. The second-order valence-corrected chi connectivity index (χ2v) is 8.39. The van der Waals surface area contributed by atoms with Crippen molar-refractivity contribution in [2.24, 2.45) is 0 Å². The molecule has 0 unspecified atom stereocenters. The minimum atomic E-state index is -3.64. The molecule has 3 rings (SSSR count). The summed E-state index contributed by atoms with van der Waals surface area (Å²) in [6.45, 7) is 1.94. The van der Waals surface area contributed by atoms with Crippen molar-refractivity contribution >= 4 is 27.7 Å². The molecule has 8 nitrogen and oxygen atoms in total. The number of aryl methyl sites for hydroxylation is 1. The van der Waals surface area contributed by atoms with Crippen LogP contribution in [0, 0.1) is 6.92 Å². The summed E-state index contributed by atoms with van der Waals surface area (Å²) >= 11 is 0. The van der Waals surface area contributed by atoms with Gasteiger partial charge in [0.15, 0.2) is 0 Å². The summed E-state index contributed by atoms with van der Waals surface area (Å²) in [6.07, 6.45) is -0.0593. The SMILES string of the molecule is Cc1ccc(S(=O)(=O)NCCNC(=O)CCN2C(=O)c3ccccc3C2=O)cc1. The van der Waals surface area contributed by atoms with E-state index in [1.165, 1.54) is 12.1 Å². The molecule has 29 heavy (non-hydrogen) atoms. The van der Waals surface area contributed by atoms with Crippen LogP contribution in [-0.2, 0) is 14.8 Å². The lowest BCUT2D eigenvalue weighted by Crippen LogP contribution is -2.37. The van der Waals surface area contributed by atoms with Gasteiger partial charge < -0.3 is 5.32 Å². The van der Waals surface area contributed by atoms with Gasteiger partial charge in [0.25, 0.3) is 11.8 Å². The predicted octanol–water partition coefficient (Wildman–Crippen LogP) is 1.08. The average molecular weight is 415 g/mol. The van der Waals surface area contributed by atoms with Crippen LogP contribution in [0.3, 0.4) is 0 Å². The Balaban J connectivity index is 1.42. The number of rotatable bonds is 8. The highest BCUT2D eigenvalue weighted by Crippen LogP contribution is 2.22. The maximum Gasteiger partial charge on any atom is 0.261 e. The fourth-order valence-electron chi connectivity index (χ4n) is 2.93. The summed E-state index contributed by atoms with van der Waals surface area (Å²) in [5.41, 5.74) is 1.63. The number of hydrogen-bond acceptors (Lipinski definition) is 5. The molecule has 0 aromatic heterocycles. The van der Waals surface area contributed by atoms with E-state index in [-0.39, 0.29) is 36.9 Å². The summed E-state index contributed by atoms with van der Waals surface area (Å²) in [4.78, 5) is 37.7. The number of carbonyl (C=O) groups excluding carboxylic acids is 3. The van der Waals surface area contributed by atoms with Gasteiger partial charge in [-0.05, 0) is 31.2 Å². The van der Waals surface area contributed by atoms with Crippen LogP contribution < -0.4 is 10.0 Å². The standard InChI is InChI=1S/C20H21N3O5S/c1-14-6-8-15(9-7-14)29(27,28)22-12-11-21-18(24)10-13-23-19(25)16-4-2-3-5-17(16)20(23)26/h2-9,22H,10-13H2,1H3,(H,21,24). The molecule has 1 heterocycles. The van der Waals surface area contributed by atoms with Crippen LogP contribution in [0.5, 0.6) is 0 Å². The molecule has 9 heteroatoms. The molecule has 1 aliphatic rings. The predicted molar refractivity (Wildman–Crippen MR) is 106 cm³/mol. The summed E-state index contributed by atoms with van der Waals surface area (Å²) < 4.78 is 26.7. The summed E-state index contributed by atoms with van der Waals surface area (Å²) in [5.74, 6) is -1.20. The molecule has 1 aliphatic heterocycles. The van der Waals surface area contributed by atoms with Crippen LogP contribution in [0.2, 0.25) is 0 Å². The van der Waals surface area contributed by atoms with E-state index in [1.54, 1.807) is 36.4 Å². The first-order chi connectivity index (χ1) is 13.8. The van der Waals surface area contributed by atoms with Crippen molar-refractivity contribution < 1.29 is 22.8 Å². The van der Waals surface area contributed by atoms with Gasteiger partial charge in [0, 0.05) is 26.1 Å². The first kappa shape index (κ1) is 20.7. The zero-order chi connectivity index (χ0) is 21.0. The Morgan fingerprint density at radius 1 is 0.931 bits per heavy atom. The number of benzene rings is 2. The second kappa shape index (κ2) is 8.54. The van der Waals surface area contributed by atoms with E-state index in [9.17, 15) is 22.8 Å². The van der Waals surface area contributed by atoms with Crippen molar-refractivity contribution in [3.63, 3.8) is 0 Å². The third kappa shape index (κ3) is 4.69. The number of hydrogen-bond donors (Lipinski definition) is 2. The van der Waals surface area contributed by atoms with Crippen LogP contribution >= 0.6 is 0 Å². The highest BCUT2D eigenvalue weighted by molar-refractivity contribution is 7.89. The van der Waals surface area contributed by atoms with Crippen LogP contribution in [0.15, 0.2) is 53.4 Å². The van der Waals surface area contributed by atoms with Crippen molar-refractivity contribution in [3.05, 3.63) is 65.2 Å². The molecular formula is C20H21N3O5S. The maximum atomic E-state index is 12.2. The average Bonchev–Trinajstić information content (AvgIpc) is 2.94. The first-order valence-corrected chi connectivity index (χ1v) is 10.6. The zero-order valence-electron chi connectivity index (χ0n) is 15.8. The topological polar surface area (TPSA) is 113 Å². The monoisotopic (exact) mass is 415 g/mol. The van der Waals surface area contributed by atoms with Crippen LogP contribution in [0.1, 0.15) is 32.7 Å². The van der Waals surface area contributed by atoms with Crippen LogP contribution in [0.25, 0.3) is 0 Å². The Hall–Kier alpha value is -3.04. The number of carbonyl (C=O) groups is 3. The molecule has 0 bridgehead atoms. The highest BCUT2D eigenvalue weighted by atomic mass is 32.2. The molecule has 2 aromatic carbocycles. The van der Waals surface area contributed by atoms with Gasteiger partial charge in [-0.1, -0.05) is 29.8 Å². The van der Waals surface area contributed by atoms with Gasteiger partial charge in [0.1, 0.15) is 0 Å². The fourth-order valence-corrected chi connectivity index (χ4v) is 3.96. The highest BCUT2D eigenvalue weighted by Gasteiger charge is 2.34. The Bertz CT molecular complexity index is 1010. The van der Waals surface area contributed by atoms with Crippen molar-refractivity contribution in [1.29, 1.82) is 0 Å². The van der Waals surface area contributed by atoms with E-state index in [4.69, 9.17) is 0 Å². The molecule has 2 N–H and O–H groups in total. The van der Waals surface area contributed by atoms with Crippen LogP contribution in [-0.4, -0.2) is 50.7 Å². The minimum absolute atomic E-state index is 0.0228. The van der Waals surface area contributed by atoms with E-state index < -0.39 is 21.8 Å². The van der Waals surface area contributed by atoms with Gasteiger partial charge in [0.2, 0.25) is 15.9 Å². The number of nitrogens with one attached hydrogen (secondary N) is 2. The smallest absolute Gasteiger partial charge is 0.261 e. The zero-order valence-corrected chi connectivity index (χ0v) is 16.7. The molecule has 0 aliphatic carbocycles. The van der Waals surface area contributed by atoms with Crippen LogP contribution in [0.4, 0.5) is 0 Å². The molecule has 152 valence electrons. The lowest BCUT2D eigenvalue weighted by atomic mass is 10.1. The van der Waals surface area contributed by atoms with Gasteiger partial charge in [-0.3, -0.25) is 19.3 Å². The van der Waals surface area contributed by atoms with E-state index in [0.29, 0.717) is 11.1 Å². The number of nitrogens with zero attached hydrogens (tertiary/aromatic N) is 1. The summed E-state index contributed by atoms with van der Waals surface area (Å²) in [7, 11) is -3.64. The van der Waals surface area contributed by atoms with E-state index >= 15 is 0 Å². The third-order valence-corrected chi connectivity index (χ3v) is 5.99. The molecular weight excluding hydrogens is 394 g/mol. The van der Waals surface area contributed by atoms with E-state index in [1.807, 2.05) is 6.92 Å². The van der Waals surface area contributed by atoms with Gasteiger partial charge in [0.05, 0.1) is 16.0 Å². The Morgan fingerprint density at radius 3 is 2.10 bits per heavy atom. The largest absolute Gasteiger partial charge is 0.355 e. The summed E-state index contributed by atoms with van der Waals surface area (Å²) in [5, 5.41) is 2.58. The molecule has 3 amide bonds. The lowest BCUT2D eigenvalue weighted by molar-refractivity contribution is -0.121. The first-order valence-electron chi connectivity index (χ1n) is 9.08. The number of sulfonamides is 1. The van der Waals surface area contributed by atoms with Crippen molar-refractivity contribution in [2.45, 2.75) is 18.2 Å². The van der Waals surface area contributed by atoms with Crippen molar-refractivity contribution in [3.8, 4) is 0 Å². The van der Waals surface area contributed by atoms with Crippen molar-refractivity contribution in [2.75, 3.05) is 19.6 Å². The van der Waals surface area contributed by atoms with E-state index in [0.717, 1.165) is 10.5 Å². The Labute approximate surface area is 169 Å². The third-order valence-electron chi connectivity index (χ3n) is 4.51. The number of imide groups is 1. The van der Waals surface area contributed by atoms with Gasteiger partial charge in [-0.15, -0.1) is 0 Å². The maximum absolute atomic E-state index is 12.2. The summed E-state index contributed by atoms with van der Waals surface area (Å²) in [6, 6.07) is 12.9. The Morgan fingerprint density at radius 2 is 1.52 bits per heavy atom.